The summed E-state index contributed by atoms with van der Waals surface area (Å²) in [4.78, 5) is 36.6. The maximum atomic E-state index is 13.4. The Morgan fingerprint density at radius 1 is 1.18 bits per heavy atom. The molecule has 7 nitrogen and oxygen atoms in total. The van der Waals surface area contributed by atoms with Gasteiger partial charge < -0.3 is 10.2 Å². The number of carbonyl (C=O) groups is 2. The summed E-state index contributed by atoms with van der Waals surface area (Å²) in [5.74, 6) is -0.260. The number of likely N-dealkylation sites (N-methyl/N-ethyl adjacent to an activating group) is 1. The van der Waals surface area contributed by atoms with E-state index in [1.165, 1.54) is 6.08 Å². The van der Waals surface area contributed by atoms with Crippen LogP contribution in [0, 0.1) is 0 Å². The lowest BCUT2D eigenvalue weighted by Gasteiger charge is -2.37. The fourth-order valence-corrected chi connectivity index (χ4v) is 3.78. The molecule has 2 amide bonds. The molecule has 0 radical (unpaired) electrons. The Hall–Kier alpha value is -2.77. The number of amides is 2. The lowest BCUT2D eigenvalue weighted by molar-refractivity contribution is -0.131. The van der Waals surface area contributed by atoms with Gasteiger partial charge in [-0.2, -0.15) is 0 Å². The van der Waals surface area contributed by atoms with E-state index >= 15 is 0 Å². The van der Waals surface area contributed by atoms with Crippen molar-refractivity contribution in [2.75, 3.05) is 39.8 Å². The van der Waals surface area contributed by atoms with Gasteiger partial charge in [-0.15, -0.1) is 0 Å². The second-order valence-electron chi connectivity index (χ2n) is 7.37. The Morgan fingerprint density at radius 2 is 1.93 bits per heavy atom. The Balaban J connectivity index is 1.66. The highest BCUT2D eigenvalue weighted by Crippen LogP contribution is 2.27. The molecule has 1 aromatic rings. The highest BCUT2D eigenvalue weighted by Gasteiger charge is 2.37. The molecule has 4 rings (SSSR count). The van der Waals surface area contributed by atoms with E-state index in [9.17, 15) is 9.59 Å². The number of dihydropyridines is 1. The first-order chi connectivity index (χ1) is 13.6. The molecule has 0 spiro atoms. The average Bonchev–Trinajstić information content (AvgIpc) is 2.86. The number of nitrogens with one attached hydrogen (secondary N) is 1. The molecule has 3 heterocycles. The maximum Gasteiger partial charge on any atom is 0.246 e. The number of hydrogen-bond acceptors (Lipinski definition) is 5. The first-order valence-corrected chi connectivity index (χ1v) is 9.62. The van der Waals surface area contributed by atoms with Crippen molar-refractivity contribution < 1.29 is 9.59 Å². The third kappa shape index (κ3) is 3.90. The molecule has 3 aliphatic heterocycles. The quantitative estimate of drug-likeness (QED) is 0.834. The molecule has 0 saturated carbocycles. The number of nitrogens with zero attached hydrogens (tertiary/aromatic N) is 4. The van der Waals surface area contributed by atoms with Crippen LogP contribution in [0.3, 0.4) is 0 Å². The molecule has 2 atom stereocenters. The van der Waals surface area contributed by atoms with Crippen LogP contribution in [0.4, 0.5) is 0 Å². The minimum Gasteiger partial charge on any atom is -0.342 e. The molecule has 0 aliphatic carbocycles. The van der Waals surface area contributed by atoms with Gasteiger partial charge in [0.05, 0.1) is 18.3 Å². The minimum absolute atomic E-state index is 0.0430. The largest absolute Gasteiger partial charge is 0.342 e. The van der Waals surface area contributed by atoms with Crippen molar-refractivity contribution in [3.8, 4) is 0 Å². The summed E-state index contributed by atoms with van der Waals surface area (Å²) < 4.78 is 0. The van der Waals surface area contributed by atoms with E-state index in [2.05, 4.69) is 27.2 Å². The zero-order valence-electron chi connectivity index (χ0n) is 16.0. The zero-order valence-corrected chi connectivity index (χ0v) is 16.0. The lowest BCUT2D eigenvalue weighted by atomic mass is 10.1. The van der Waals surface area contributed by atoms with Crippen LogP contribution in [0.25, 0.3) is 5.70 Å². The van der Waals surface area contributed by atoms with E-state index in [1.54, 1.807) is 17.2 Å². The van der Waals surface area contributed by atoms with E-state index < -0.39 is 6.17 Å². The van der Waals surface area contributed by atoms with Crippen molar-refractivity contribution in [2.45, 2.75) is 12.2 Å². The number of fused-ring (bicyclic) bond motifs is 1. The molecular formula is C21H25N5O2. The Morgan fingerprint density at radius 3 is 2.68 bits per heavy atom. The second kappa shape index (κ2) is 8.08. The lowest BCUT2D eigenvalue weighted by Crippen LogP contribution is -2.53. The number of aliphatic imine (C=N–C) groups is 1. The van der Waals surface area contributed by atoms with Crippen molar-refractivity contribution in [3.05, 3.63) is 54.1 Å². The van der Waals surface area contributed by atoms with Gasteiger partial charge in [-0.05, 0) is 18.7 Å². The van der Waals surface area contributed by atoms with Crippen molar-refractivity contribution in [1.82, 2.24) is 20.0 Å². The Labute approximate surface area is 165 Å². The first-order valence-electron chi connectivity index (χ1n) is 9.62. The molecule has 7 heteroatoms. The number of benzene rings is 1. The van der Waals surface area contributed by atoms with Crippen LogP contribution >= 0.6 is 0 Å². The molecule has 1 fully saturated rings. The van der Waals surface area contributed by atoms with E-state index in [1.807, 2.05) is 36.4 Å². The summed E-state index contributed by atoms with van der Waals surface area (Å²) in [6.07, 6.45) is 6.41. The molecule has 2 unspecified atom stereocenters. The molecule has 1 saturated heterocycles. The van der Waals surface area contributed by atoms with Crippen LogP contribution in [-0.2, 0) is 9.59 Å². The number of carbonyl (C=O) groups excluding carboxylic acids is 2. The maximum absolute atomic E-state index is 13.4. The average molecular weight is 379 g/mol. The smallest absolute Gasteiger partial charge is 0.246 e. The van der Waals surface area contributed by atoms with Crippen LogP contribution in [0.15, 0.2) is 53.6 Å². The molecule has 3 aliphatic rings. The van der Waals surface area contributed by atoms with Gasteiger partial charge in [-0.3, -0.25) is 24.4 Å². The van der Waals surface area contributed by atoms with Crippen LogP contribution in [0.5, 0.6) is 0 Å². The number of allylic oxidation sites excluding steroid dienone is 1. The van der Waals surface area contributed by atoms with Crippen molar-refractivity contribution in [3.63, 3.8) is 0 Å². The Bertz CT molecular complexity index is 824. The molecule has 28 heavy (non-hydrogen) atoms. The SMILES string of the molecule is CN1CCN(CC(=O)N2C(c3ccccc3)=CC(=O)NC3C=CC=NC32)CC1. The fourth-order valence-electron chi connectivity index (χ4n) is 3.78. The van der Waals surface area contributed by atoms with Crippen LogP contribution in [-0.4, -0.2) is 84.7 Å². The third-order valence-corrected chi connectivity index (χ3v) is 5.36. The van der Waals surface area contributed by atoms with Gasteiger partial charge in [0, 0.05) is 38.5 Å². The minimum atomic E-state index is -0.483. The van der Waals surface area contributed by atoms with Gasteiger partial charge in [0.2, 0.25) is 11.8 Å². The van der Waals surface area contributed by atoms with Gasteiger partial charge >= 0.3 is 0 Å². The summed E-state index contributed by atoms with van der Waals surface area (Å²) in [6, 6.07) is 9.22. The molecule has 0 bridgehead atoms. The summed E-state index contributed by atoms with van der Waals surface area (Å²) in [5, 5.41) is 2.94. The number of rotatable bonds is 3. The van der Waals surface area contributed by atoms with E-state index in [0.717, 1.165) is 31.7 Å². The summed E-state index contributed by atoms with van der Waals surface area (Å²) in [5.41, 5.74) is 1.42. The third-order valence-electron chi connectivity index (χ3n) is 5.36. The standard InChI is InChI=1S/C21H25N5O2/c1-24-10-12-25(13-11-24)15-20(28)26-18(16-6-3-2-4-7-16)14-19(27)23-17-8-5-9-22-21(17)26/h2-9,14,17,21H,10-13,15H2,1H3,(H,23,27). The molecule has 146 valence electrons. The van der Waals surface area contributed by atoms with Crippen LogP contribution < -0.4 is 5.32 Å². The van der Waals surface area contributed by atoms with Crippen LogP contribution in [0.2, 0.25) is 0 Å². The topological polar surface area (TPSA) is 68.2 Å². The van der Waals surface area contributed by atoms with Crippen molar-refractivity contribution in [1.29, 1.82) is 0 Å². The zero-order chi connectivity index (χ0) is 19.5. The second-order valence-corrected chi connectivity index (χ2v) is 7.37. The highest BCUT2D eigenvalue weighted by atomic mass is 16.2. The van der Waals surface area contributed by atoms with Gasteiger partial charge in [-0.25, -0.2) is 0 Å². The molecular weight excluding hydrogens is 354 g/mol. The highest BCUT2D eigenvalue weighted by molar-refractivity contribution is 6.00. The van der Waals surface area contributed by atoms with Gasteiger partial charge in [0.15, 0.2) is 6.17 Å². The Kier molecular flexibility index (Phi) is 5.36. The van der Waals surface area contributed by atoms with Crippen LogP contribution in [0.1, 0.15) is 5.56 Å². The summed E-state index contributed by atoms with van der Waals surface area (Å²) in [7, 11) is 2.09. The van der Waals surface area contributed by atoms with Crippen molar-refractivity contribution >= 4 is 23.7 Å². The summed E-state index contributed by atoms with van der Waals surface area (Å²) >= 11 is 0. The fraction of sp³-hybridized carbons (Fsp3) is 0.381. The van der Waals surface area contributed by atoms with Gasteiger partial charge in [0.1, 0.15) is 0 Å². The first kappa shape index (κ1) is 18.6. The summed E-state index contributed by atoms with van der Waals surface area (Å²) in [6.45, 7) is 3.92. The molecule has 1 aromatic carbocycles. The normalized spacial score (nSPS) is 25.7. The van der Waals surface area contributed by atoms with E-state index in [4.69, 9.17) is 0 Å². The predicted octanol–water partition coefficient (Wildman–Crippen LogP) is 0.569. The predicted molar refractivity (Wildman–Crippen MR) is 109 cm³/mol. The number of piperazine rings is 1. The van der Waals surface area contributed by atoms with E-state index in [-0.39, 0.29) is 17.9 Å². The monoisotopic (exact) mass is 379 g/mol. The van der Waals surface area contributed by atoms with Gasteiger partial charge in [-0.1, -0.05) is 36.4 Å². The van der Waals surface area contributed by atoms with Crippen molar-refractivity contribution in [2.24, 2.45) is 4.99 Å². The molecule has 0 aromatic heterocycles. The van der Waals surface area contributed by atoms with E-state index in [0.29, 0.717) is 12.2 Å². The van der Waals surface area contributed by atoms with Gasteiger partial charge in [0.25, 0.3) is 0 Å². The molecule has 1 N–H and O–H groups in total. The number of hydrogen-bond donors (Lipinski definition) is 1.